The van der Waals surface area contributed by atoms with Gasteiger partial charge in [-0.3, -0.25) is 0 Å². The first-order chi connectivity index (χ1) is 6.81. The molecule has 1 aliphatic rings. The van der Waals surface area contributed by atoms with Crippen LogP contribution in [0.15, 0.2) is 18.2 Å². The van der Waals surface area contributed by atoms with E-state index in [0.29, 0.717) is 13.3 Å². The zero-order valence-electron chi connectivity index (χ0n) is 8.19. The normalized spacial score (nSPS) is 14.8. The molecular formula is C10H14N2O2. The molecule has 1 heterocycles. The van der Waals surface area contributed by atoms with Gasteiger partial charge in [-0.15, -0.1) is 0 Å². The second-order valence-corrected chi connectivity index (χ2v) is 3.26. The van der Waals surface area contributed by atoms with E-state index in [2.05, 4.69) is 4.90 Å². The standard InChI is InChI=1S/C10H14N2O2/c1-13-7-12-4-5-14-10-6-8(11)2-3-9(10)12/h2-3,6H,4-5,7,11H2,1H3. The van der Waals surface area contributed by atoms with Crippen molar-refractivity contribution in [2.24, 2.45) is 0 Å². The van der Waals surface area contributed by atoms with Gasteiger partial charge in [-0.05, 0) is 12.1 Å². The molecule has 0 fully saturated rings. The van der Waals surface area contributed by atoms with Crippen molar-refractivity contribution < 1.29 is 9.47 Å². The lowest BCUT2D eigenvalue weighted by molar-refractivity contribution is 0.184. The van der Waals surface area contributed by atoms with Crippen LogP contribution < -0.4 is 15.4 Å². The largest absolute Gasteiger partial charge is 0.489 e. The fourth-order valence-corrected chi connectivity index (χ4v) is 1.58. The van der Waals surface area contributed by atoms with Gasteiger partial charge in [0.15, 0.2) is 0 Å². The van der Waals surface area contributed by atoms with Gasteiger partial charge in [0.2, 0.25) is 0 Å². The molecule has 1 aromatic rings. The van der Waals surface area contributed by atoms with E-state index >= 15 is 0 Å². The number of hydrogen-bond acceptors (Lipinski definition) is 4. The molecule has 2 N–H and O–H groups in total. The Kier molecular flexibility index (Phi) is 2.45. The highest BCUT2D eigenvalue weighted by molar-refractivity contribution is 5.64. The second kappa shape index (κ2) is 3.75. The Bertz CT molecular complexity index is 328. The Balaban J connectivity index is 2.30. The Hall–Kier alpha value is -1.42. The molecule has 0 saturated heterocycles. The van der Waals surface area contributed by atoms with Crippen LogP contribution in [0.1, 0.15) is 0 Å². The van der Waals surface area contributed by atoms with E-state index in [1.807, 2.05) is 18.2 Å². The number of fused-ring (bicyclic) bond motifs is 1. The van der Waals surface area contributed by atoms with Crippen molar-refractivity contribution in [3.8, 4) is 5.75 Å². The molecule has 0 amide bonds. The minimum atomic E-state index is 0.584. The molecule has 2 rings (SSSR count). The van der Waals surface area contributed by atoms with E-state index in [4.69, 9.17) is 15.2 Å². The number of hydrogen-bond donors (Lipinski definition) is 1. The quantitative estimate of drug-likeness (QED) is 0.715. The van der Waals surface area contributed by atoms with Crippen LogP contribution in [0.4, 0.5) is 11.4 Å². The van der Waals surface area contributed by atoms with Crippen LogP contribution >= 0.6 is 0 Å². The Morgan fingerprint density at radius 2 is 2.43 bits per heavy atom. The van der Waals surface area contributed by atoms with Crippen molar-refractivity contribution in [3.05, 3.63) is 18.2 Å². The highest BCUT2D eigenvalue weighted by atomic mass is 16.5. The molecule has 0 aromatic heterocycles. The van der Waals surface area contributed by atoms with Crippen LogP contribution in [0.3, 0.4) is 0 Å². The molecule has 1 aliphatic heterocycles. The fourth-order valence-electron chi connectivity index (χ4n) is 1.58. The van der Waals surface area contributed by atoms with Gasteiger partial charge < -0.3 is 20.1 Å². The number of methoxy groups -OCH3 is 1. The summed E-state index contributed by atoms with van der Waals surface area (Å²) in [4.78, 5) is 2.12. The maximum Gasteiger partial charge on any atom is 0.144 e. The first kappa shape index (κ1) is 9.15. The molecule has 0 unspecified atom stereocenters. The van der Waals surface area contributed by atoms with Crippen LogP contribution in [-0.4, -0.2) is 27.0 Å². The number of rotatable bonds is 2. The summed E-state index contributed by atoms with van der Waals surface area (Å²) in [5.74, 6) is 0.841. The van der Waals surface area contributed by atoms with Crippen LogP contribution in [-0.2, 0) is 4.74 Å². The number of nitrogens with two attached hydrogens (primary N) is 1. The van der Waals surface area contributed by atoms with Crippen molar-refractivity contribution in [1.82, 2.24) is 0 Å². The van der Waals surface area contributed by atoms with Crippen molar-refractivity contribution in [2.75, 3.05) is 37.6 Å². The van der Waals surface area contributed by atoms with Crippen LogP contribution in [0.2, 0.25) is 0 Å². The van der Waals surface area contributed by atoms with Gasteiger partial charge in [-0.25, -0.2) is 0 Å². The van der Waals surface area contributed by atoms with Gasteiger partial charge in [0.1, 0.15) is 19.1 Å². The van der Waals surface area contributed by atoms with E-state index in [9.17, 15) is 0 Å². The van der Waals surface area contributed by atoms with Crippen molar-refractivity contribution in [1.29, 1.82) is 0 Å². The van der Waals surface area contributed by atoms with E-state index in [-0.39, 0.29) is 0 Å². The third-order valence-corrected chi connectivity index (χ3v) is 2.23. The first-order valence-electron chi connectivity index (χ1n) is 4.57. The van der Waals surface area contributed by atoms with Crippen molar-refractivity contribution in [2.45, 2.75) is 0 Å². The van der Waals surface area contributed by atoms with Crippen LogP contribution in [0, 0.1) is 0 Å². The summed E-state index contributed by atoms with van der Waals surface area (Å²) in [5, 5.41) is 0. The summed E-state index contributed by atoms with van der Waals surface area (Å²) in [6, 6.07) is 5.68. The molecule has 0 aliphatic carbocycles. The second-order valence-electron chi connectivity index (χ2n) is 3.26. The minimum Gasteiger partial charge on any atom is -0.489 e. The maximum absolute atomic E-state index is 5.67. The summed E-state index contributed by atoms with van der Waals surface area (Å²) < 4.78 is 10.6. The van der Waals surface area contributed by atoms with E-state index in [0.717, 1.165) is 23.7 Å². The van der Waals surface area contributed by atoms with E-state index in [1.54, 1.807) is 7.11 Å². The van der Waals surface area contributed by atoms with Gasteiger partial charge in [-0.1, -0.05) is 0 Å². The third-order valence-electron chi connectivity index (χ3n) is 2.23. The van der Waals surface area contributed by atoms with Crippen LogP contribution in [0.25, 0.3) is 0 Å². The summed E-state index contributed by atoms with van der Waals surface area (Å²) >= 11 is 0. The lowest BCUT2D eigenvalue weighted by Gasteiger charge is -2.30. The predicted octanol–water partition coefficient (Wildman–Crippen LogP) is 1.07. The smallest absolute Gasteiger partial charge is 0.144 e. The Morgan fingerprint density at radius 3 is 3.21 bits per heavy atom. The highest BCUT2D eigenvalue weighted by Crippen LogP contribution is 2.32. The average molecular weight is 194 g/mol. The number of anilines is 2. The molecule has 76 valence electrons. The lowest BCUT2D eigenvalue weighted by Crippen LogP contribution is -2.34. The molecule has 4 nitrogen and oxygen atoms in total. The minimum absolute atomic E-state index is 0.584. The summed E-state index contributed by atoms with van der Waals surface area (Å²) in [6.07, 6.45) is 0. The Labute approximate surface area is 83.2 Å². The Morgan fingerprint density at radius 1 is 1.57 bits per heavy atom. The number of benzene rings is 1. The predicted molar refractivity (Wildman–Crippen MR) is 55.6 cm³/mol. The number of ether oxygens (including phenoxy) is 2. The average Bonchev–Trinajstić information content (AvgIpc) is 2.18. The monoisotopic (exact) mass is 194 g/mol. The van der Waals surface area contributed by atoms with Gasteiger partial charge in [0.25, 0.3) is 0 Å². The molecule has 4 heteroatoms. The molecule has 0 atom stereocenters. The van der Waals surface area contributed by atoms with Crippen LogP contribution in [0.5, 0.6) is 5.75 Å². The highest BCUT2D eigenvalue weighted by Gasteiger charge is 2.17. The maximum atomic E-state index is 5.67. The molecule has 0 spiro atoms. The molecule has 0 saturated carbocycles. The fraction of sp³-hybridized carbons (Fsp3) is 0.400. The molecule has 0 radical (unpaired) electrons. The number of nitrogen functional groups attached to an aromatic ring is 1. The lowest BCUT2D eigenvalue weighted by atomic mass is 10.2. The zero-order valence-corrected chi connectivity index (χ0v) is 8.19. The third kappa shape index (κ3) is 1.61. The molecule has 14 heavy (non-hydrogen) atoms. The van der Waals surface area contributed by atoms with Crippen molar-refractivity contribution >= 4 is 11.4 Å². The van der Waals surface area contributed by atoms with Gasteiger partial charge in [-0.2, -0.15) is 0 Å². The summed E-state index contributed by atoms with van der Waals surface area (Å²) in [6.45, 7) is 2.12. The SMILES string of the molecule is COCN1CCOc2cc(N)ccc21. The summed E-state index contributed by atoms with van der Waals surface area (Å²) in [7, 11) is 1.69. The van der Waals surface area contributed by atoms with E-state index < -0.39 is 0 Å². The topological polar surface area (TPSA) is 47.7 Å². The zero-order chi connectivity index (χ0) is 9.97. The van der Waals surface area contributed by atoms with Gasteiger partial charge in [0, 0.05) is 18.9 Å². The first-order valence-corrected chi connectivity index (χ1v) is 4.57. The molecule has 1 aromatic carbocycles. The van der Waals surface area contributed by atoms with Gasteiger partial charge in [0.05, 0.1) is 12.2 Å². The number of nitrogens with zero attached hydrogens (tertiary/aromatic N) is 1. The van der Waals surface area contributed by atoms with Crippen molar-refractivity contribution in [3.63, 3.8) is 0 Å². The summed E-state index contributed by atoms with van der Waals surface area (Å²) in [5.41, 5.74) is 7.44. The van der Waals surface area contributed by atoms with Gasteiger partial charge >= 0.3 is 0 Å². The molecule has 0 bridgehead atoms. The molecular weight excluding hydrogens is 180 g/mol. The van der Waals surface area contributed by atoms with E-state index in [1.165, 1.54) is 0 Å².